The highest BCUT2D eigenvalue weighted by Crippen LogP contribution is 2.26. The van der Waals surface area contributed by atoms with Gasteiger partial charge in [0, 0.05) is 36.5 Å². The zero-order chi connectivity index (χ0) is 18.5. The molecule has 0 spiro atoms. The van der Waals surface area contributed by atoms with Gasteiger partial charge in [0.25, 0.3) is 5.91 Å². The minimum atomic E-state index is -0.213. The number of anilines is 2. The van der Waals surface area contributed by atoms with E-state index in [1.54, 1.807) is 24.7 Å². The number of rotatable bonds is 5. The van der Waals surface area contributed by atoms with Gasteiger partial charge in [-0.15, -0.1) is 0 Å². The molecule has 0 aliphatic carbocycles. The summed E-state index contributed by atoms with van der Waals surface area (Å²) in [6.07, 6.45) is 5.08. The molecule has 132 valence electrons. The quantitative estimate of drug-likeness (QED) is 0.731. The number of hydrogen-bond acceptors (Lipinski definition) is 4. The fraction of sp³-hybridized carbons (Fsp3) is 0.190. The summed E-state index contributed by atoms with van der Waals surface area (Å²) in [5.41, 5.74) is 6.78. The third kappa shape index (κ3) is 4.25. The van der Waals surface area contributed by atoms with Crippen LogP contribution < -0.4 is 10.6 Å². The molecule has 0 aliphatic rings. The Hall–Kier alpha value is -3.21. The van der Waals surface area contributed by atoms with Gasteiger partial charge < -0.3 is 10.6 Å². The summed E-state index contributed by atoms with van der Waals surface area (Å²) in [5, 5.41) is 6.27. The minimum Gasteiger partial charge on any atom is -0.355 e. The molecule has 2 N–H and O–H groups in total. The van der Waals surface area contributed by atoms with E-state index < -0.39 is 0 Å². The van der Waals surface area contributed by atoms with Gasteiger partial charge in [0.2, 0.25) is 0 Å². The summed E-state index contributed by atoms with van der Waals surface area (Å²) in [6.45, 7) is 6.65. The lowest BCUT2D eigenvalue weighted by Crippen LogP contribution is -2.23. The number of amides is 1. The van der Waals surface area contributed by atoms with Crippen molar-refractivity contribution in [3.05, 3.63) is 82.9 Å². The molecule has 0 radical (unpaired) electrons. The predicted octanol–water partition coefficient (Wildman–Crippen LogP) is 4.08. The Morgan fingerprint density at radius 1 is 1.04 bits per heavy atom. The Bertz CT molecular complexity index is 899. The topological polar surface area (TPSA) is 66.9 Å². The second-order valence-electron chi connectivity index (χ2n) is 6.37. The van der Waals surface area contributed by atoms with E-state index in [4.69, 9.17) is 0 Å². The SMILES string of the molecule is Cc1cc(C)c(Nc2ccnc(C(=O)NCc3cccnc3)c2)c(C)c1. The highest BCUT2D eigenvalue weighted by molar-refractivity contribution is 5.93. The molecule has 0 unspecified atom stereocenters. The molecule has 5 heteroatoms. The zero-order valence-electron chi connectivity index (χ0n) is 15.2. The Labute approximate surface area is 153 Å². The first kappa shape index (κ1) is 17.6. The number of benzene rings is 1. The second kappa shape index (κ2) is 7.78. The summed E-state index contributed by atoms with van der Waals surface area (Å²) in [4.78, 5) is 20.6. The van der Waals surface area contributed by atoms with Crippen molar-refractivity contribution in [3.63, 3.8) is 0 Å². The standard InChI is InChI=1S/C21H22N4O/c1-14-9-15(2)20(16(3)10-14)25-18-6-8-23-19(11-18)21(26)24-13-17-5-4-7-22-12-17/h4-12H,13H2,1-3H3,(H,23,25)(H,24,26). The number of hydrogen-bond donors (Lipinski definition) is 2. The van der Waals surface area contributed by atoms with Gasteiger partial charge in [-0.05, 0) is 55.7 Å². The van der Waals surface area contributed by atoms with Crippen molar-refractivity contribution in [1.29, 1.82) is 0 Å². The predicted molar refractivity (Wildman–Crippen MR) is 104 cm³/mol. The van der Waals surface area contributed by atoms with Crippen molar-refractivity contribution < 1.29 is 4.79 Å². The van der Waals surface area contributed by atoms with Crippen LogP contribution in [0.1, 0.15) is 32.7 Å². The molecule has 2 aromatic heterocycles. The fourth-order valence-electron chi connectivity index (χ4n) is 2.93. The van der Waals surface area contributed by atoms with E-state index in [0.29, 0.717) is 12.2 Å². The first-order chi connectivity index (χ1) is 12.5. The number of carbonyl (C=O) groups excluding carboxylic acids is 1. The third-order valence-electron chi connectivity index (χ3n) is 4.11. The summed E-state index contributed by atoms with van der Waals surface area (Å²) in [6, 6.07) is 11.7. The molecule has 3 aromatic rings. The average molecular weight is 346 g/mol. The van der Waals surface area contributed by atoms with Crippen molar-refractivity contribution in [2.75, 3.05) is 5.32 Å². The highest BCUT2D eigenvalue weighted by Gasteiger charge is 2.10. The fourth-order valence-corrected chi connectivity index (χ4v) is 2.93. The normalized spacial score (nSPS) is 10.4. The van der Waals surface area contributed by atoms with E-state index in [0.717, 1.165) is 16.9 Å². The van der Waals surface area contributed by atoms with Gasteiger partial charge in [0.05, 0.1) is 0 Å². The van der Waals surface area contributed by atoms with Crippen LogP contribution in [-0.2, 0) is 6.54 Å². The molecule has 0 saturated carbocycles. The number of aromatic nitrogens is 2. The lowest BCUT2D eigenvalue weighted by Gasteiger charge is -2.14. The van der Waals surface area contributed by atoms with Gasteiger partial charge in [-0.3, -0.25) is 14.8 Å². The van der Waals surface area contributed by atoms with Gasteiger partial charge in [-0.25, -0.2) is 0 Å². The second-order valence-corrected chi connectivity index (χ2v) is 6.37. The summed E-state index contributed by atoms with van der Waals surface area (Å²) in [5.74, 6) is -0.213. The monoisotopic (exact) mass is 346 g/mol. The maximum atomic E-state index is 12.4. The Morgan fingerprint density at radius 3 is 2.50 bits per heavy atom. The number of carbonyl (C=O) groups is 1. The van der Waals surface area contributed by atoms with Crippen LogP contribution in [-0.4, -0.2) is 15.9 Å². The number of nitrogens with one attached hydrogen (secondary N) is 2. The molecule has 1 amide bonds. The van der Waals surface area contributed by atoms with Crippen LogP contribution in [0.15, 0.2) is 55.0 Å². The molecule has 0 atom stereocenters. The van der Waals surface area contributed by atoms with Crippen LogP contribution in [0.25, 0.3) is 0 Å². The summed E-state index contributed by atoms with van der Waals surface area (Å²) in [7, 11) is 0. The lowest BCUT2D eigenvalue weighted by atomic mass is 10.0. The average Bonchev–Trinajstić information content (AvgIpc) is 2.64. The highest BCUT2D eigenvalue weighted by atomic mass is 16.1. The molecule has 3 rings (SSSR count). The maximum absolute atomic E-state index is 12.4. The van der Waals surface area contributed by atoms with E-state index >= 15 is 0 Å². The molecular weight excluding hydrogens is 324 g/mol. The minimum absolute atomic E-state index is 0.213. The van der Waals surface area contributed by atoms with Crippen molar-refractivity contribution in [2.24, 2.45) is 0 Å². The van der Waals surface area contributed by atoms with Crippen LogP contribution in [0.2, 0.25) is 0 Å². The van der Waals surface area contributed by atoms with Crippen molar-refractivity contribution in [2.45, 2.75) is 27.3 Å². The lowest BCUT2D eigenvalue weighted by molar-refractivity contribution is 0.0946. The van der Waals surface area contributed by atoms with Gasteiger partial charge in [0.15, 0.2) is 0 Å². The molecule has 0 fully saturated rings. The summed E-state index contributed by atoms with van der Waals surface area (Å²) < 4.78 is 0. The van der Waals surface area contributed by atoms with Gasteiger partial charge >= 0.3 is 0 Å². The largest absolute Gasteiger partial charge is 0.355 e. The smallest absolute Gasteiger partial charge is 0.270 e. The van der Waals surface area contributed by atoms with E-state index in [2.05, 4.69) is 53.5 Å². The number of aryl methyl sites for hydroxylation is 3. The van der Waals surface area contributed by atoms with Crippen molar-refractivity contribution in [3.8, 4) is 0 Å². The molecule has 5 nitrogen and oxygen atoms in total. The molecule has 2 heterocycles. The van der Waals surface area contributed by atoms with Crippen LogP contribution in [0.5, 0.6) is 0 Å². The Kier molecular flexibility index (Phi) is 5.27. The first-order valence-electron chi connectivity index (χ1n) is 8.51. The number of nitrogens with zero attached hydrogens (tertiary/aromatic N) is 2. The Balaban J connectivity index is 1.73. The Morgan fingerprint density at radius 2 is 1.81 bits per heavy atom. The van der Waals surface area contributed by atoms with Crippen molar-refractivity contribution >= 4 is 17.3 Å². The molecule has 0 bridgehead atoms. The maximum Gasteiger partial charge on any atom is 0.270 e. The molecule has 1 aromatic carbocycles. The van der Waals surface area contributed by atoms with E-state index in [1.807, 2.05) is 18.2 Å². The molecule has 0 aliphatic heterocycles. The zero-order valence-corrected chi connectivity index (χ0v) is 15.2. The van der Waals surface area contributed by atoms with Crippen molar-refractivity contribution in [1.82, 2.24) is 15.3 Å². The van der Waals surface area contributed by atoms with Gasteiger partial charge in [-0.2, -0.15) is 0 Å². The molecular formula is C21H22N4O. The van der Waals surface area contributed by atoms with Crippen LogP contribution >= 0.6 is 0 Å². The van der Waals surface area contributed by atoms with Gasteiger partial charge in [-0.1, -0.05) is 23.8 Å². The molecule has 26 heavy (non-hydrogen) atoms. The van der Waals surface area contributed by atoms with Crippen LogP contribution in [0, 0.1) is 20.8 Å². The molecule has 0 saturated heterocycles. The van der Waals surface area contributed by atoms with Gasteiger partial charge in [0.1, 0.15) is 5.69 Å². The van der Waals surface area contributed by atoms with E-state index in [1.165, 1.54) is 16.7 Å². The summed E-state index contributed by atoms with van der Waals surface area (Å²) >= 11 is 0. The van der Waals surface area contributed by atoms with E-state index in [9.17, 15) is 4.79 Å². The van der Waals surface area contributed by atoms with Crippen LogP contribution in [0.4, 0.5) is 11.4 Å². The van der Waals surface area contributed by atoms with E-state index in [-0.39, 0.29) is 5.91 Å². The van der Waals surface area contributed by atoms with Crippen LogP contribution in [0.3, 0.4) is 0 Å². The third-order valence-corrected chi connectivity index (χ3v) is 4.11. The first-order valence-corrected chi connectivity index (χ1v) is 8.51. The number of pyridine rings is 2.